The predicted molar refractivity (Wildman–Crippen MR) is 105 cm³/mol. The number of nitrogens with zero attached hydrogens (tertiary/aromatic N) is 3. The molecule has 1 N–H and O–H groups in total. The van der Waals surface area contributed by atoms with Crippen molar-refractivity contribution >= 4 is 5.91 Å². The van der Waals surface area contributed by atoms with E-state index in [1.807, 2.05) is 12.1 Å². The van der Waals surface area contributed by atoms with Gasteiger partial charge in [0.05, 0.1) is 5.92 Å². The van der Waals surface area contributed by atoms with Crippen molar-refractivity contribution < 1.29 is 9.32 Å². The molecule has 5 rings (SSSR count). The Labute approximate surface area is 163 Å². The minimum atomic E-state index is 0.165. The Balaban J connectivity index is 1.35. The van der Waals surface area contributed by atoms with Crippen molar-refractivity contribution in [2.45, 2.75) is 13.5 Å². The number of fused-ring (bicyclic) bond motifs is 1. The highest BCUT2D eigenvalue weighted by Gasteiger charge is 2.41. The van der Waals surface area contributed by atoms with Gasteiger partial charge in [-0.2, -0.15) is 4.98 Å². The number of aryl methyl sites for hydroxylation is 1. The Kier molecular flexibility index (Phi) is 4.20. The zero-order chi connectivity index (χ0) is 19.1. The lowest BCUT2D eigenvalue weighted by Gasteiger charge is -2.17. The average Bonchev–Trinajstić information content (AvgIpc) is 3.40. The van der Waals surface area contributed by atoms with Crippen molar-refractivity contribution in [1.29, 1.82) is 0 Å². The molecular weight excluding hydrogens is 352 g/mol. The summed E-state index contributed by atoms with van der Waals surface area (Å²) in [6.45, 7) is 5.33. The fraction of sp³-hybridized carbons (Fsp3) is 0.318. The summed E-state index contributed by atoms with van der Waals surface area (Å²) in [4.78, 5) is 18.6. The van der Waals surface area contributed by atoms with Gasteiger partial charge < -0.3 is 9.84 Å². The third-order valence-corrected chi connectivity index (χ3v) is 5.71. The van der Waals surface area contributed by atoms with Crippen LogP contribution in [0.2, 0.25) is 0 Å². The number of hydrogen-bond acceptors (Lipinski definition) is 5. The zero-order valence-corrected chi connectivity index (χ0v) is 15.8. The summed E-state index contributed by atoms with van der Waals surface area (Å²) in [7, 11) is 0. The minimum Gasteiger partial charge on any atom is -0.355 e. The predicted octanol–water partition coefficient (Wildman–Crippen LogP) is 2.89. The second-order valence-electron chi connectivity index (χ2n) is 7.72. The first-order chi connectivity index (χ1) is 13.7. The van der Waals surface area contributed by atoms with Crippen LogP contribution in [0.25, 0.3) is 22.5 Å². The normalized spacial score (nSPS) is 21.7. The van der Waals surface area contributed by atoms with E-state index in [0.29, 0.717) is 17.6 Å². The molecule has 0 aliphatic carbocycles. The summed E-state index contributed by atoms with van der Waals surface area (Å²) < 4.78 is 5.10. The Morgan fingerprint density at radius 3 is 2.68 bits per heavy atom. The number of rotatable bonds is 4. The van der Waals surface area contributed by atoms with Crippen LogP contribution < -0.4 is 5.32 Å². The largest absolute Gasteiger partial charge is 0.355 e. The second kappa shape index (κ2) is 6.87. The summed E-state index contributed by atoms with van der Waals surface area (Å²) in [5, 5.41) is 6.99. The zero-order valence-electron chi connectivity index (χ0n) is 15.8. The fourth-order valence-corrected chi connectivity index (χ4v) is 4.32. The van der Waals surface area contributed by atoms with Crippen LogP contribution in [0.5, 0.6) is 0 Å². The molecule has 3 aromatic rings. The van der Waals surface area contributed by atoms with E-state index >= 15 is 0 Å². The number of aromatic nitrogens is 2. The van der Waals surface area contributed by atoms with E-state index in [0.717, 1.165) is 42.9 Å². The maximum Gasteiger partial charge on any atom is 0.224 e. The first kappa shape index (κ1) is 17.1. The van der Waals surface area contributed by atoms with Crippen molar-refractivity contribution in [2.75, 3.05) is 19.6 Å². The van der Waals surface area contributed by atoms with Crippen LogP contribution in [0.4, 0.5) is 0 Å². The van der Waals surface area contributed by atoms with E-state index in [2.05, 4.69) is 56.8 Å². The second-order valence-corrected chi connectivity index (χ2v) is 7.72. The fourth-order valence-electron chi connectivity index (χ4n) is 4.32. The van der Waals surface area contributed by atoms with Gasteiger partial charge in [0.1, 0.15) is 0 Å². The molecule has 3 heterocycles. The van der Waals surface area contributed by atoms with Gasteiger partial charge in [-0.25, -0.2) is 0 Å². The number of hydrogen-bond donors (Lipinski definition) is 1. The Morgan fingerprint density at radius 1 is 1.11 bits per heavy atom. The maximum absolute atomic E-state index is 11.9. The smallest absolute Gasteiger partial charge is 0.224 e. The van der Waals surface area contributed by atoms with Gasteiger partial charge in [-0.1, -0.05) is 41.6 Å². The molecule has 2 aliphatic rings. The van der Waals surface area contributed by atoms with E-state index in [-0.39, 0.29) is 11.8 Å². The van der Waals surface area contributed by atoms with Gasteiger partial charge in [0, 0.05) is 44.6 Å². The van der Waals surface area contributed by atoms with Crippen molar-refractivity contribution in [3.8, 4) is 22.5 Å². The summed E-state index contributed by atoms with van der Waals surface area (Å²) in [6, 6.07) is 16.8. The van der Waals surface area contributed by atoms with Crippen LogP contribution >= 0.6 is 0 Å². The quantitative estimate of drug-likeness (QED) is 0.760. The van der Waals surface area contributed by atoms with Gasteiger partial charge in [-0.3, -0.25) is 9.69 Å². The molecule has 2 fully saturated rings. The van der Waals surface area contributed by atoms with Gasteiger partial charge in [0.15, 0.2) is 0 Å². The van der Waals surface area contributed by atoms with Crippen molar-refractivity contribution in [3.63, 3.8) is 0 Å². The van der Waals surface area contributed by atoms with Gasteiger partial charge in [-0.15, -0.1) is 0 Å². The molecule has 2 aromatic carbocycles. The lowest BCUT2D eigenvalue weighted by atomic mass is 10.0. The van der Waals surface area contributed by atoms with Gasteiger partial charge in [-0.05, 0) is 28.8 Å². The number of carbonyl (C=O) groups excluding carboxylic acids is 1. The highest BCUT2D eigenvalue weighted by Crippen LogP contribution is 2.30. The molecule has 0 spiro atoms. The highest BCUT2D eigenvalue weighted by molar-refractivity contribution is 5.81. The van der Waals surface area contributed by atoms with Crippen LogP contribution in [-0.2, 0) is 11.3 Å². The van der Waals surface area contributed by atoms with E-state index in [4.69, 9.17) is 4.52 Å². The van der Waals surface area contributed by atoms with Crippen LogP contribution in [0.1, 0.15) is 11.5 Å². The first-order valence-corrected chi connectivity index (χ1v) is 9.66. The molecule has 0 saturated carbocycles. The molecule has 2 saturated heterocycles. The van der Waals surface area contributed by atoms with E-state index in [1.165, 1.54) is 5.56 Å². The molecule has 28 heavy (non-hydrogen) atoms. The van der Waals surface area contributed by atoms with Gasteiger partial charge in [0.25, 0.3) is 0 Å². The van der Waals surface area contributed by atoms with Crippen molar-refractivity contribution in [3.05, 3.63) is 60.0 Å². The maximum atomic E-state index is 11.9. The lowest BCUT2D eigenvalue weighted by molar-refractivity contribution is -0.122. The van der Waals surface area contributed by atoms with E-state index in [9.17, 15) is 4.79 Å². The Hall–Kier alpha value is -2.99. The van der Waals surface area contributed by atoms with Crippen LogP contribution in [0.3, 0.4) is 0 Å². The number of likely N-dealkylation sites (tertiary alicyclic amines) is 1. The van der Waals surface area contributed by atoms with Crippen molar-refractivity contribution in [2.24, 2.45) is 11.8 Å². The molecule has 0 radical (unpaired) electrons. The molecule has 1 amide bonds. The summed E-state index contributed by atoms with van der Waals surface area (Å²) in [5.41, 5.74) is 4.49. The molecule has 1 aromatic heterocycles. The Morgan fingerprint density at radius 2 is 1.89 bits per heavy atom. The standard InChI is InChI=1S/C22H22N4O2/c1-14-24-21(25-28-14)18-7-3-6-17(9-18)16-5-2-4-15(8-16)11-26-12-19-10-23-22(27)20(19)13-26/h2-9,19-20H,10-13H2,1H3,(H,23,27)/t19-,20+/m0/s1. The van der Waals surface area contributed by atoms with Gasteiger partial charge in [0.2, 0.25) is 17.6 Å². The Bertz CT molecular complexity index is 1030. The summed E-state index contributed by atoms with van der Waals surface area (Å²) in [6.07, 6.45) is 0. The van der Waals surface area contributed by atoms with E-state index in [1.54, 1.807) is 6.92 Å². The summed E-state index contributed by atoms with van der Waals surface area (Å²) in [5.74, 6) is 2.02. The molecular formula is C22H22N4O2. The monoisotopic (exact) mass is 374 g/mol. The lowest BCUT2D eigenvalue weighted by Crippen LogP contribution is -2.28. The topological polar surface area (TPSA) is 71.3 Å². The molecule has 6 heteroatoms. The molecule has 6 nitrogen and oxygen atoms in total. The van der Waals surface area contributed by atoms with Crippen LogP contribution in [0, 0.1) is 18.8 Å². The molecule has 2 aliphatic heterocycles. The number of amides is 1. The van der Waals surface area contributed by atoms with Crippen molar-refractivity contribution in [1.82, 2.24) is 20.4 Å². The molecule has 142 valence electrons. The van der Waals surface area contributed by atoms with E-state index < -0.39 is 0 Å². The average molecular weight is 374 g/mol. The summed E-state index contributed by atoms with van der Waals surface area (Å²) >= 11 is 0. The van der Waals surface area contributed by atoms with Crippen LogP contribution in [0.15, 0.2) is 53.1 Å². The number of benzene rings is 2. The third kappa shape index (κ3) is 3.20. The third-order valence-electron chi connectivity index (χ3n) is 5.71. The first-order valence-electron chi connectivity index (χ1n) is 9.66. The molecule has 0 bridgehead atoms. The number of carbonyl (C=O) groups is 1. The molecule has 0 unspecified atom stereocenters. The van der Waals surface area contributed by atoms with Gasteiger partial charge >= 0.3 is 0 Å². The minimum absolute atomic E-state index is 0.165. The highest BCUT2D eigenvalue weighted by atomic mass is 16.5. The van der Waals surface area contributed by atoms with Crippen LogP contribution in [-0.4, -0.2) is 40.6 Å². The molecule has 2 atom stereocenters. The SMILES string of the molecule is Cc1nc(-c2cccc(-c3cccc(CN4C[C@@H]5CNC(=O)[C@@H]5C4)c3)c2)no1. The number of nitrogens with one attached hydrogen (secondary N) is 1.